The summed E-state index contributed by atoms with van der Waals surface area (Å²) in [5.74, 6) is 0.829. The van der Waals surface area contributed by atoms with Gasteiger partial charge in [0.25, 0.3) is 0 Å². The van der Waals surface area contributed by atoms with Crippen LogP contribution in [0.4, 0.5) is 0 Å². The molecule has 1 rings (SSSR count). The Morgan fingerprint density at radius 1 is 1.45 bits per heavy atom. The molecule has 0 aromatic heterocycles. The van der Waals surface area contributed by atoms with E-state index in [-0.39, 0.29) is 0 Å². The van der Waals surface area contributed by atoms with Crippen molar-refractivity contribution in [1.29, 1.82) is 0 Å². The average molecular weight is 164 g/mol. The number of hydrogen-bond acceptors (Lipinski definition) is 2. The van der Waals surface area contributed by atoms with E-state index in [0.29, 0.717) is 0 Å². The molecule has 0 atom stereocenters. The lowest BCUT2D eigenvalue weighted by Crippen LogP contribution is -1.83. The van der Waals surface area contributed by atoms with Crippen molar-refractivity contribution in [2.24, 2.45) is 0 Å². The van der Waals surface area contributed by atoms with Gasteiger partial charge in [-0.1, -0.05) is 12.1 Å². The number of para-hydroxylation sites is 1. The summed E-state index contributed by atoms with van der Waals surface area (Å²) in [6.45, 7) is 0. The standard InChI is InChI=1S/C9H8OS/c1-3-11-9-7-5-4-6-8(9)10-2/h1,4-7H,2H3. The Balaban J connectivity index is 2.94. The van der Waals surface area contributed by atoms with Crippen molar-refractivity contribution in [2.45, 2.75) is 4.90 Å². The number of ether oxygens (including phenoxy) is 1. The molecule has 0 aliphatic heterocycles. The minimum absolute atomic E-state index is 0.829. The monoisotopic (exact) mass is 164 g/mol. The van der Waals surface area contributed by atoms with Gasteiger partial charge in [0.1, 0.15) is 5.75 Å². The average Bonchev–Trinajstić information content (AvgIpc) is 2.06. The normalized spacial score (nSPS) is 8.73. The molecule has 11 heavy (non-hydrogen) atoms. The fourth-order valence-electron chi connectivity index (χ4n) is 0.767. The maximum absolute atomic E-state index is 5.14. The highest BCUT2D eigenvalue weighted by Gasteiger charge is 1.98. The van der Waals surface area contributed by atoms with E-state index in [0.717, 1.165) is 10.6 Å². The van der Waals surface area contributed by atoms with E-state index in [1.807, 2.05) is 24.3 Å². The van der Waals surface area contributed by atoms with Crippen LogP contribution in [-0.4, -0.2) is 7.11 Å². The van der Waals surface area contributed by atoms with E-state index in [4.69, 9.17) is 11.2 Å². The molecule has 0 saturated carbocycles. The molecule has 0 heterocycles. The molecular weight excluding hydrogens is 156 g/mol. The first-order valence-corrected chi connectivity index (χ1v) is 3.95. The summed E-state index contributed by atoms with van der Waals surface area (Å²) < 4.78 is 5.08. The molecule has 1 nitrogen and oxygen atoms in total. The second-order valence-electron chi connectivity index (χ2n) is 1.87. The van der Waals surface area contributed by atoms with Crippen molar-refractivity contribution < 1.29 is 4.74 Å². The summed E-state index contributed by atoms with van der Waals surface area (Å²) in [5, 5.41) is 2.50. The van der Waals surface area contributed by atoms with Gasteiger partial charge in [0.15, 0.2) is 0 Å². The minimum atomic E-state index is 0.829. The van der Waals surface area contributed by atoms with Gasteiger partial charge in [0.05, 0.1) is 12.0 Å². The van der Waals surface area contributed by atoms with Gasteiger partial charge < -0.3 is 4.74 Å². The van der Waals surface area contributed by atoms with Gasteiger partial charge in [0.2, 0.25) is 0 Å². The lowest BCUT2D eigenvalue weighted by atomic mass is 10.3. The number of thioether (sulfide) groups is 1. The molecule has 1 aromatic rings. The van der Waals surface area contributed by atoms with Crippen LogP contribution >= 0.6 is 11.8 Å². The predicted octanol–water partition coefficient (Wildman–Crippen LogP) is 2.38. The molecular formula is C9H8OS. The first kappa shape index (κ1) is 8.03. The van der Waals surface area contributed by atoms with Crippen LogP contribution in [0.3, 0.4) is 0 Å². The third-order valence-electron chi connectivity index (χ3n) is 1.24. The van der Waals surface area contributed by atoms with Crippen molar-refractivity contribution in [3.8, 4) is 17.4 Å². The summed E-state index contributed by atoms with van der Waals surface area (Å²) >= 11 is 1.33. The van der Waals surface area contributed by atoms with Crippen molar-refractivity contribution in [3.63, 3.8) is 0 Å². The van der Waals surface area contributed by atoms with Crippen molar-refractivity contribution in [2.75, 3.05) is 7.11 Å². The Labute approximate surface area is 70.8 Å². The number of benzene rings is 1. The predicted molar refractivity (Wildman–Crippen MR) is 47.7 cm³/mol. The largest absolute Gasteiger partial charge is 0.496 e. The van der Waals surface area contributed by atoms with Crippen LogP contribution in [0.15, 0.2) is 29.2 Å². The third-order valence-corrected chi connectivity index (χ3v) is 1.91. The van der Waals surface area contributed by atoms with Crippen molar-refractivity contribution >= 4 is 11.8 Å². The fraction of sp³-hybridized carbons (Fsp3) is 0.111. The molecule has 56 valence electrons. The molecule has 0 aliphatic carbocycles. The van der Waals surface area contributed by atoms with Crippen molar-refractivity contribution in [3.05, 3.63) is 24.3 Å². The summed E-state index contributed by atoms with van der Waals surface area (Å²) in [7, 11) is 1.63. The molecule has 0 unspecified atom stereocenters. The second-order valence-corrected chi connectivity index (χ2v) is 2.75. The van der Waals surface area contributed by atoms with Crippen LogP contribution < -0.4 is 4.74 Å². The Hall–Kier alpha value is -1.07. The second kappa shape index (κ2) is 3.95. The Morgan fingerprint density at radius 2 is 2.18 bits per heavy atom. The van der Waals surface area contributed by atoms with E-state index < -0.39 is 0 Å². The lowest BCUT2D eigenvalue weighted by molar-refractivity contribution is 0.405. The summed E-state index contributed by atoms with van der Waals surface area (Å²) in [6, 6.07) is 7.67. The van der Waals surface area contributed by atoms with E-state index in [9.17, 15) is 0 Å². The molecule has 0 bridgehead atoms. The number of methoxy groups -OCH3 is 1. The quantitative estimate of drug-likeness (QED) is 0.490. The zero-order valence-electron chi connectivity index (χ0n) is 6.20. The zero-order chi connectivity index (χ0) is 8.10. The highest BCUT2D eigenvalue weighted by molar-refractivity contribution is 8.04. The molecule has 1 aromatic carbocycles. The van der Waals surface area contributed by atoms with Crippen LogP contribution in [0.2, 0.25) is 0 Å². The van der Waals surface area contributed by atoms with E-state index in [1.165, 1.54) is 11.8 Å². The maximum atomic E-state index is 5.14. The first-order chi connectivity index (χ1) is 5.38. The van der Waals surface area contributed by atoms with Crippen molar-refractivity contribution in [1.82, 2.24) is 0 Å². The topological polar surface area (TPSA) is 9.23 Å². The molecule has 2 heteroatoms. The van der Waals surface area contributed by atoms with Gasteiger partial charge in [-0.3, -0.25) is 0 Å². The molecule has 0 radical (unpaired) electrons. The van der Waals surface area contributed by atoms with E-state index in [1.54, 1.807) is 7.11 Å². The van der Waals surface area contributed by atoms with Gasteiger partial charge >= 0.3 is 0 Å². The SMILES string of the molecule is C#CSc1ccccc1OC. The summed E-state index contributed by atoms with van der Waals surface area (Å²) in [6.07, 6.45) is 5.14. The highest BCUT2D eigenvalue weighted by Crippen LogP contribution is 2.27. The van der Waals surface area contributed by atoms with E-state index in [2.05, 4.69) is 5.25 Å². The maximum Gasteiger partial charge on any atom is 0.133 e. The Bertz CT molecular complexity index is 275. The van der Waals surface area contributed by atoms with Gasteiger partial charge in [-0.25, -0.2) is 0 Å². The smallest absolute Gasteiger partial charge is 0.133 e. The number of hydrogen-bond donors (Lipinski definition) is 0. The van der Waals surface area contributed by atoms with Crippen LogP contribution in [0.5, 0.6) is 5.75 Å². The van der Waals surface area contributed by atoms with Crippen LogP contribution in [0.1, 0.15) is 0 Å². The first-order valence-electron chi connectivity index (χ1n) is 3.14. The third kappa shape index (κ3) is 1.92. The minimum Gasteiger partial charge on any atom is -0.496 e. The Kier molecular flexibility index (Phi) is 2.88. The fourth-order valence-corrected chi connectivity index (χ4v) is 1.29. The zero-order valence-corrected chi connectivity index (χ0v) is 7.02. The van der Waals surface area contributed by atoms with Crippen LogP contribution in [0, 0.1) is 11.7 Å². The molecule has 0 amide bonds. The Morgan fingerprint density at radius 3 is 2.82 bits per heavy atom. The highest BCUT2D eigenvalue weighted by atomic mass is 32.2. The summed E-state index contributed by atoms with van der Waals surface area (Å²) in [4.78, 5) is 0.984. The summed E-state index contributed by atoms with van der Waals surface area (Å²) in [5.41, 5.74) is 0. The molecule has 0 spiro atoms. The molecule has 0 N–H and O–H groups in total. The van der Waals surface area contributed by atoms with Gasteiger partial charge in [0, 0.05) is 0 Å². The van der Waals surface area contributed by atoms with Gasteiger partial charge in [-0.05, 0) is 29.1 Å². The van der Waals surface area contributed by atoms with Gasteiger partial charge in [-0.2, -0.15) is 0 Å². The molecule has 0 aliphatic rings. The molecule has 0 saturated heterocycles. The van der Waals surface area contributed by atoms with E-state index >= 15 is 0 Å². The van der Waals surface area contributed by atoms with Crippen LogP contribution in [-0.2, 0) is 0 Å². The van der Waals surface area contributed by atoms with Crippen LogP contribution in [0.25, 0.3) is 0 Å². The number of rotatable bonds is 2. The lowest BCUT2D eigenvalue weighted by Gasteiger charge is -2.02. The van der Waals surface area contributed by atoms with Gasteiger partial charge in [-0.15, -0.1) is 6.42 Å². The number of terminal acetylenes is 1. The molecule has 0 fully saturated rings.